The molecule has 0 aromatic heterocycles. The van der Waals surface area contributed by atoms with E-state index in [1.54, 1.807) is 13.4 Å². The number of carboxylic acid groups (broad SMARTS) is 1. The molecule has 0 heterocycles. The molecular formula is C21H20O4S. The van der Waals surface area contributed by atoms with Crippen molar-refractivity contribution in [2.24, 2.45) is 0 Å². The third-order valence-corrected chi connectivity index (χ3v) is 5.54. The predicted octanol–water partition coefficient (Wildman–Crippen LogP) is 4.20. The van der Waals surface area contributed by atoms with Gasteiger partial charge in [0, 0.05) is 11.8 Å². The summed E-state index contributed by atoms with van der Waals surface area (Å²) in [6, 6.07) is 15.2. The lowest BCUT2D eigenvalue weighted by Crippen LogP contribution is -1.98. The van der Waals surface area contributed by atoms with E-state index >= 15 is 0 Å². The van der Waals surface area contributed by atoms with Crippen molar-refractivity contribution in [3.8, 4) is 5.75 Å². The Morgan fingerprint density at radius 2 is 1.81 bits per heavy atom. The molecule has 0 bridgehead atoms. The van der Waals surface area contributed by atoms with Crippen LogP contribution in [0.1, 0.15) is 30.0 Å². The number of ether oxygens (including phenoxy) is 1. The molecule has 134 valence electrons. The summed E-state index contributed by atoms with van der Waals surface area (Å²) in [5.74, 6) is -0.229. The zero-order valence-corrected chi connectivity index (χ0v) is 15.7. The van der Waals surface area contributed by atoms with Gasteiger partial charge in [-0.3, -0.25) is 9.00 Å². The highest BCUT2D eigenvalue weighted by Gasteiger charge is 2.29. The van der Waals surface area contributed by atoms with Crippen molar-refractivity contribution >= 4 is 32.8 Å². The molecule has 5 heteroatoms. The van der Waals surface area contributed by atoms with Crippen LogP contribution in [-0.4, -0.2) is 28.7 Å². The first-order chi connectivity index (χ1) is 12.4. The van der Waals surface area contributed by atoms with E-state index in [2.05, 4.69) is 0 Å². The van der Waals surface area contributed by atoms with Crippen molar-refractivity contribution in [2.45, 2.75) is 13.3 Å². The molecule has 2 aromatic carbocycles. The van der Waals surface area contributed by atoms with E-state index in [1.165, 1.54) is 0 Å². The second kappa shape index (κ2) is 7.30. The summed E-state index contributed by atoms with van der Waals surface area (Å²) in [7, 11) is 0.341. The Hall–Kier alpha value is -2.66. The van der Waals surface area contributed by atoms with Gasteiger partial charge in [-0.2, -0.15) is 0 Å². The fourth-order valence-electron chi connectivity index (χ4n) is 3.39. The molecule has 0 spiro atoms. The summed E-state index contributed by atoms with van der Waals surface area (Å²) in [5, 5.41) is 9.35. The topological polar surface area (TPSA) is 63.6 Å². The minimum atomic E-state index is -1.24. The lowest BCUT2D eigenvalue weighted by molar-refractivity contribution is -0.135. The second-order valence-electron chi connectivity index (χ2n) is 6.11. The van der Waals surface area contributed by atoms with Crippen LogP contribution in [0.2, 0.25) is 0 Å². The minimum Gasteiger partial charge on any atom is -0.497 e. The maximum absolute atomic E-state index is 12.6. The van der Waals surface area contributed by atoms with E-state index < -0.39 is 16.8 Å². The van der Waals surface area contributed by atoms with Crippen LogP contribution in [-0.2, 0) is 15.6 Å². The normalized spacial score (nSPS) is 16.3. The molecule has 1 unspecified atom stereocenters. The second-order valence-corrected chi connectivity index (χ2v) is 7.43. The van der Waals surface area contributed by atoms with E-state index in [1.807, 2.05) is 55.5 Å². The van der Waals surface area contributed by atoms with Crippen LogP contribution < -0.4 is 4.74 Å². The van der Waals surface area contributed by atoms with Crippen molar-refractivity contribution in [1.29, 1.82) is 0 Å². The molecule has 0 aliphatic heterocycles. The van der Waals surface area contributed by atoms with Crippen molar-refractivity contribution in [2.75, 3.05) is 13.4 Å². The zero-order chi connectivity index (χ0) is 18.8. The van der Waals surface area contributed by atoms with Crippen molar-refractivity contribution in [3.63, 3.8) is 0 Å². The molecule has 0 radical (unpaired) electrons. The number of rotatable bonds is 5. The van der Waals surface area contributed by atoms with Crippen molar-refractivity contribution in [1.82, 2.24) is 0 Å². The number of carbonyl (C=O) groups is 1. The maximum atomic E-state index is 12.6. The lowest BCUT2D eigenvalue weighted by Gasteiger charge is -2.13. The molecule has 1 aliphatic carbocycles. The van der Waals surface area contributed by atoms with Gasteiger partial charge in [0.05, 0.1) is 29.2 Å². The average Bonchev–Trinajstić information content (AvgIpc) is 2.87. The first-order valence-electron chi connectivity index (χ1n) is 8.17. The standard InChI is InChI=1S/C21H20O4S/c1-13-17(12-19(22)23)18-11-15(25-2)9-10-16(18)20(13)21(26(3)24)14-7-5-4-6-8-14/h4-11H,12H2,1-3H3,(H,22,23). The van der Waals surface area contributed by atoms with Crippen molar-refractivity contribution in [3.05, 3.63) is 70.8 Å². The van der Waals surface area contributed by atoms with Crippen LogP contribution >= 0.6 is 0 Å². The number of hydrogen-bond acceptors (Lipinski definition) is 3. The highest BCUT2D eigenvalue weighted by molar-refractivity contribution is 7.94. The number of methoxy groups -OCH3 is 1. The highest BCUT2D eigenvalue weighted by atomic mass is 32.2. The molecule has 3 rings (SSSR count). The van der Waals surface area contributed by atoms with Crippen LogP contribution in [0.5, 0.6) is 5.75 Å². The Balaban J connectivity index is 2.35. The smallest absolute Gasteiger partial charge is 0.307 e. The van der Waals surface area contributed by atoms with Gasteiger partial charge in [0.15, 0.2) is 0 Å². The summed E-state index contributed by atoms with van der Waals surface area (Å²) < 4.78 is 17.9. The number of allylic oxidation sites excluding steroid dienone is 2. The summed E-state index contributed by atoms with van der Waals surface area (Å²) in [6.07, 6.45) is 1.56. The lowest BCUT2D eigenvalue weighted by atomic mass is 10.00. The molecule has 1 N–H and O–H groups in total. The van der Waals surface area contributed by atoms with Gasteiger partial charge in [-0.15, -0.1) is 0 Å². The third kappa shape index (κ3) is 3.22. The number of carboxylic acids is 1. The number of aliphatic carboxylic acids is 1. The van der Waals surface area contributed by atoms with E-state index in [0.717, 1.165) is 38.3 Å². The van der Waals surface area contributed by atoms with Gasteiger partial charge >= 0.3 is 5.97 Å². The van der Waals surface area contributed by atoms with Gasteiger partial charge in [0.2, 0.25) is 0 Å². The quantitative estimate of drug-likeness (QED) is 0.859. The van der Waals surface area contributed by atoms with E-state index in [9.17, 15) is 14.1 Å². The molecule has 1 atom stereocenters. The van der Waals surface area contributed by atoms with E-state index in [-0.39, 0.29) is 6.42 Å². The fraction of sp³-hybridized carbons (Fsp3) is 0.190. The summed E-state index contributed by atoms with van der Waals surface area (Å²) in [4.78, 5) is 12.1. The van der Waals surface area contributed by atoms with Crippen LogP contribution in [0.4, 0.5) is 0 Å². The SMILES string of the molecule is COc1ccc2c(c1)C(CC(=O)O)=C(C)C2=C(c1ccccc1)S(C)=O. The highest BCUT2D eigenvalue weighted by Crippen LogP contribution is 2.47. The van der Waals surface area contributed by atoms with Gasteiger partial charge in [0.1, 0.15) is 5.75 Å². The van der Waals surface area contributed by atoms with Crippen LogP contribution in [0.3, 0.4) is 0 Å². The van der Waals surface area contributed by atoms with Gasteiger partial charge < -0.3 is 9.84 Å². The number of fused-ring (bicyclic) bond motifs is 1. The maximum Gasteiger partial charge on any atom is 0.307 e. The Morgan fingerprint density at radius 3 is 2.38 bits per heavy atom. The summed E-state index contributed by atoms with van der Waals surface area (Å²) in [6.45, 7) is 1.90. The van der Waals surface area contributed by atoms with Gasteiger partial charge in [0.25, 0.3) is 0 Å². The first-order valence-corrected chi connectivity index (χ1v) is 9.73. The third-order valence-electron chi connectivity index (χ3n) is 4.53. The Bertz CT molecular complexity index is 955. The van der Waals surface area contributed by atoms with Crippen LogP contribution in [0, 0.1) is 0 Å². The Kier molecular flexibility index (Phi) is 5.09. The summed E-state index contributed by atoms with van der Waals surface area (Å²) >= 11 is 0. The Morgan fingerprint density at radius 1 is 1.12 bits per heavy atom. The zero-order valence-electron chi connectivity index (χ0n) is 14.9. The average molecular weight is 368 g/mol. The van der Waals surface area contributed by atoms with Crippen LogP contribution in [0.15, 0.2) is 54.1 Å². The first kappa shape index (κ1) is 18.1. The van der Waals surface area contributed by atoms with Crippen LogP contribution in [0.25, 0.3) is 16.1 Å². The predicted molar refractivity (Wildman–Crippen MR) is 105 cm³/mol. The van der Waals surface area contributed by atoms with Gasteiger partial charge in [-0.1, -0.05) is 36.4 Å². The molecule has 0 amide bonds. The van der Waals surface area contributed by atoms with Gasteiger partial charge in [-0.25, -0.2) is 0 Å². The summed E-state index contributed by atoms with van der Waals surface area (Å²) in [5.41, 5.74) is 5.05. The Labute approximate surface area is 155 Å². The number of hydrogen-bond donors (Lipinski definition) is 1. The van der Waals surface area contributed by atoms with Crippen molar-refractivity contribution < 1.29 is 18.8 Å². The monoisotopic (exact) mass is 368 g/mol. The largest absolute Gasteiger partial charge is 0.497 e. The minimum absolute atomic E-state index is 0.0894. The number of benzene rings is 2. The van der Waals surface area contributed by atoms with Gasteiger partial charge in [-0.05, 0) is 46.9 Å². The molecular weight excluding hydrogens is 348 g/mol. The molecule has 0 saturated carbocycles. The van der Waals surface area contributed by atoms with E-state index in [4.69, 9.17) is 4.74 Å². The molecule has 4 nitrogen and oxygen atoms in total. The molecule has 0 fully saturated rings. The molecule has 1 aliphatic rings. The van der Waals surface area contributed by atoms with E-state index in [0.29, 0.717) is 5.75 Å². The molecule has 26 heavy (non-hydrogen) atoms. The fourth-order valence-corrected chi connectivity index (χ4v) is 4.41. The molecule has 0 saturated heterocycles. The molecule has 2 aromatic rings.